The fourth-order valence-electron chi connectivity index (χ4n) is 2.56. The summed E-state index contributed by atoms with van der Waals surface area (Å²) < 4.78 is 93.1. The van der Waals surface area contributed by atoms with Crippen LogP contribution in [-0.2, 0) is 16.2 Å². The summed E-state index contributed by atoms with van der Waals surface area (Å²) in [7, 11) is -4.67. The highest BCUT2D eigenvalue weighted by atomic mass is 32.2. The predicted octanol–water partition coefficient (Wildman–Crippen LogP) is 3.48. The van der Waals surface area contributed by atoms with Gasteiger partial charge in [0.2, 0.25) is 10.0 Å². The highest BCUT2D eigenvalue weighted by Crippen LogP contribution is 2.40. The normalized spacial score (nSPS) is 12.4. The van der Waals surface area contributed by atoms with Crippen LogP contribution in [0.25, 0.3) is 16.8 Å². The van der Waals surface area contributed by atoms with Crippen molar-refractivity contribution >= 4 is 10.0 Å². The summed E-state index contributed by atoms with van der Waals surface area (Å²) in [6.45, 7) is 0. The van der Waals surface area contributed by atoms with Crippen molar-refractivity contribution in [3.8, 4) is 16.8 Å². The van der Waals surface area contributed by atoms with Crippen LogP contribution in [0.3, 0.4) is 0 Å². The summed E-state index contributed by atoms with van der Waals surface area (Å²) in [4.78, 5) is -0.931. The molecule has 0 spiro atoms. The fourth-order valence-corrected chi connectivity index (χ4v) is 3.32. The molecule has 0 atom stereocenters. The van der Waals surface area contributed by atoms with Crippen LogP contribution in [0.1, 0.15) is 5.56 Å². The summed E-state index contributed by atoms with van der Waals surface area (Å²) in [5.74, 6) is -2.72. The smallest absolute Gasteiger partial charge is 0.239 e. The Hall–Kier alpha value is -2.79. The molecule has 0 aliphatic carbocycles. The molecule has 0 bridgehead atoms. The minimum Gasteiger partial charge on any atom is -0.239 e. The zero-order valence-corrected chi connectivity index (χ0v) is 14.0. The number of rotatable bonds is 3. The van der Waals surface area contributed by atoms with Crippen molar-refractivity contribution in [2.75, 3.05) is 0 Å². The second-order valence-corrected chi connectivity index (χ2v) is 7.00. The van der Waals surface area contributed by atoms with Gasteiger partial charge >= 0.3 is 6.18 Å². The average Bonchev–Trinajstić information content (AvgIpc) is 3.09. The van der Waals surface area contributed by atoms with E-state index in [0.717, 1.165) is 36.7 Å². The van der Waals surface area contributed by atoms with E-state index in [1.165, 1.54) is 6.07 Å². The molecule has 0 saturated carbocycles. The van der Waals surface area contributed by atoms with Gasteiger partial charge in [-0.15, -0.1) is 0 Å². The van der Waals surface area contributed by atoms with Crippen molar-refractivity contribution in [2.24, 2.45) is 5.14 Å². The van der Waals surface area contributed by atoms with E-state index in [1.807, 2.05) is 0 Å². The monoisotopic (exact) mass is 403 g/mol. The van der Waals surface area contributed by atoms with E-state index >= 15 is 0 Å². The zero-order valence-electron chi connectivity index (χ0n) is 13.2. The lowest BCUT2D eigenvalue weighted by atomic mass is 10.0. The predicted molar refractivity (Wildman–Crippen MR) is 85.3 cm³/mol. The molecule has 5 nitrogen and oxygen atoms in total. The molecule has 3 rings (SSSR count). The first kappa shape index (κ1) is 19.0. The maximum Gasteiger partial charge on any atom is 0.418 e. The Bertz CT molecular complexity index is 1110. The van der Waals surface area contributed by atoms with Crippen LogP contribution in [0.15, 0.2) is 53.7 Å². The van der Waals surface area contributed by atoms with Gasteiger partial charge in [-0.3, -0.25) is 0 Å². The van der Waals surface area contributed by atoms with Gasteiger partial charge in [-0.25, -0.2) is 27.0 Å². The summed E-state index contributed by atoms with van der Waals surface area (Å²) in [6, 6.07) is 5.44. The second kappa shape index (κ2) is 6.43. The minimum atomic E-state index is -5.03. The minimum absolute atomic E-state index is 0.501. The number of hydrogen-bond acceptors (Lipinski definition) is 3. The Kier molecular flexibility index (Phi) is 4.52. The van der Waals surface area contributed by atoms with Gasteiger partial charge in [0.25, 0.3) is 0 Å². The summed E-state index contributed by atoms with van der Waals surface area (Å²) >= 11 is 0. The van der Waals surface area contributed by atoms with Crippen LogP contribution < -0.4 is 5.14 Å². The molecule has 1 heterocycles. The third-order valence-electron chi connectivity index (χ3n) is 3.68. The van der Waals surface area contributed by atoms with Gasteiger partial charge in [-0.1, -0.05) is 12.1 Å². The summed E-state index contributed by atoms with van der Waals surface area (Å²) in [5, 5.41) is 8.72. The van der Waals surface area contributed by atoms with Crippen molar-refractivity contribution in [3.63, 3.8) is 0 Å². The molecule has 0 radical (unpaired) electrons. The van der Waals surface area contributed by atoms with E-state index in [-0.39, 0.29) is 0 Å². The zero-order chi connectivity index (χ0) is 20.0. The molecule has 0 aliphatic rings. The molecule has 2 aromatic carbocycles. The van der Waals surface area contributed by atoms with Gasteiger partial charge in [0.15, 0.2) is 11.6 Å². The third kappa shape index (κ3) is 3.55. The molecular formula is C16H10F5N3O2S. The lowest BCUT2D eigenvalue weighted by Crippen LogP contribution is -2.20. The fraction of sp³-hybridized carbons (Fsp3) is 0.0625. The first-order valence-electron chi connectivity index (χ1n) is 7.22. The molecular weight excluding hydrogens is 393 g/mol. The van der Waals surface area contributed by atoms with Crippen LogP contribution in [0, 0.1) is 11.6 Å². The molecule has 11 heteroatoms. The number of nitrogens with zero attached hydrogens (tertiary/aromatic N) is 2. The number of halogens is 5. The Morgan fingerprint density at radius 3 is 2.33 bits per heavy atom. The van der Waals surface area contributed by atoms with E-state index in [2.05, 4.69) is 5.10 Å². The van der Waals surface area contributed by atoms with Gasteiger partial charge in [0.05, 0.1) is 11.3 Å². The molecule has 27 heavy (non-hydrogen) atoms. The number of primary sulfonamides is 1. The van der Waals surface area contributed by atoms with Gasteiger partial charge in [0, 0.05) is 18.0 Å². The molecule has 0 saturated heterocycles. The maximum atomic E-state index is 14.1. The molecule has 1 aromatic heterocycles. The molecule has 142 valence electrons. The van der Waals surface area contributed by atoms with E-state index in [9.17, 15) is 30.4 Å². The lowest BCUT2D eigenvalue weighted by Gasteiger charge is -2.18. The first-order chi connectivity index (χ1) is 12.5. The number of sulfonamides is 1. The van der Waals surface area contributed by atoms with Crippen LogP contribution in [-0.4, -0.2) is 18.2 Å². The largest absolute Gasteiger partial charge is 0.418 e. The van der Waals surface area contributed by atoms with Crippen molar-refractivity contribution < 1.29 is 30.4 Å². The third-order valence-corrected chi connectivity index (χ3v) is 4.61. The van der Waals surface area contributed by atoms with Crippen LogP contribution >= 0.6 is 0 Å². The van der Waals surface area contributed by atoms with Gasteiger partial charge in [0.1, 0.15) is 4.90 Å². The highest BCUT2D eigenvalue weighted by molar-refractivity contribution is 7.89. The topological polar surface area (TPSA) is 78.0 Å². The SMILES string of the molecule is NS(=O)(=O)c1cc(-c2cccc(F)c2F)cc(C(F)(F)F)c1-n1cccn1. The standard InChI is InChI=1S/C16H10F5N3O2S/c17-12-4-1-3-10(14(12)18)9-7-11(16(19,20)21)15(24-6-2-5-23-24)13(8-9)27(22,25)26/h1-8H,(H2,22,25,26). The molecule has 0 amide bonds. The molecule has 2 N–H and O–H groups in total. The van der Waals surface area contributed by atoms with Crippen molar-refractivity contribution in [2.45, 2.75) is 11.1 Å². The number of benzene rings is 2. The average molecular weight is 403 g/mol. The first-order valence-corrected chi connectivity index (χ1v) is 8.77. The van der Waals surface area contributed by atoms with Crippen molar-refractivity contribution in [1.82, 2.24) is 9.78 Å². The Morgan fingerprint density at radius 2 is 1.78 bits per heavy atom. The van der Waals surface area contributed by atoms with Crippen LogP contribution in [0.5, 0.6) is 0 Å². The number of nitrogens with two attached hydrogens (primary N) is 1. The molecule has 0 aliphatic heterocycles. The van der Waals surface area contributed by atoms with Gasteiger partial charge < -0.3 is 0 Å². The van der Waals surface area contributed by atoms with Gasteiger partial charge in [-0.2, -0.15) is 18.3 Å². The Morgan fingerprint density at radius 1 is 1.07 bits per heavy atom. The maximum absolute atomic E-state index is 14.1. The van der Waals surface area contributed by atoms with Crippen LogP contribution in [0.4, 0.5) is 22.0 Å². The molecule has 3 aromatic rings. The van der Waals surface area contributed by atoms with E-state index < -0.39 is 55.1 Å². The Labute approximate surface area is 149 Å². The number of hydrogen-bond donors (Lipinski definition) is 1. The Balaban J connectivity index is 2.46. The highest BCUT2D eigenvalue weighted by Gasteiger charge is 2.38. The van der Waals surface area contributed by atoms with E-state index in [1.54, 1.807) is 0 Å². The van der Waals surface area contributed by atoms with E-state index in [0.29, 0.717) is 10.7 Å². The van der Waals surface area contributed by atoms with Gasteiger partial charge in [-0.05, 0) is 29.8 Å². The summed E-state index contributed by atoms with van der Waals surface area (Å²) in [5.41, 5.74) is -3.30. The van der Waals surface area contributed by atoms with Crippen molar-refractivity contribution in [1.29, 1.82) is 0 Å². The molecule has 0 unspecified atom stereocenters. The number of alkyl halides is 3. The second-order valence-electron chi connectivity index (χ2n) is 5.47. The van der Waals surface area contributed by atoms with E-state index in [4.69, 9.17) is 5.14 Å². The lowest BCUT2D eigenvalue weighted by molar-refractivity contribution is -0.137. The van der Waals surface area contributed by atoms with Crippen molar-refractivity contribution in [3.05, 3.63) is 66.0 Å². The summed E-state index contributed by atoms with van der Waals surface area (Å²) in [6.07, 6.45) is -2.78. The molecule has 0 fully saturated rings. The number of aromatic nitrogens is 2. The quantitative estimate of drug-likeness (QED) is 0.680. The van der Waals surface area contributed by atoms with Crippen LogP contribution in [0.2, 0.25) is 0 Å².